The zero-order valence-corrected chi connectivity index (χ0v) is 10.3. The van der Waals surface area contributed by atoms with Crippen LogP contribution in [-0.4, -0.2) is 15.9 Å². The van der Waals surface area contributed by atoms with Gasteiger partial charge in [-0.15, -0.1) is 11.3 Å². The summed E-state index contributed by atoms with van der Waals surface area (Å²) in [6.45, 7) is 0.420. The number of nitrogens with zero attached hydrogens (tertiary/aromatic N) is 2. The van der Waals surface area contributed by atoms with E-state index in [1.807, 2.05) is 0 Å². The number of nitrogens with two attached hydrogens (primary N) is 1. The molecule has 3 N–H and O–H groups in total. The highest BCUT2D eigenvalue weighted by Crippen LogP contribution is 2.15. The van der Waals surface area contributed by atoms with E-state index in [9.17, 15) is 4.79 Å². The number of hydrogen-bond donors (Lipinski definition) is 2. The summed E-state index contributed by atoms with van der Waals surface area (Å²) >= 11 is 7.18. The first-order valence-corrected chi connectivity index (χ1v) is 5.99. The molecule has 0 aliphatic heterocycles. The Labute approximate surface area is 107 Å². The van der Waals surface area contributed by atoms with Crippen molar-refractivity contribution >= 4 is 34.5 Å². The van der Waals surface area contributed by atoms with Crippen LogP contribution in [0.5, 0.6) is 0 Å². The first-order chi connectivity index (χ1) is 8.16. The fraction of sp³-hybridized carbons (Fsp3) is 0.100. The van der Waals surface area contributed by atoms with Gasteiger partial charge >= 0.3 is 0 Å². The Kier molecular flexibility index (Phi) is 3.55. The van der Waals surface area contributed by atoms with Gasteiger partial charge in [-0.2, -0.15) is 0 Å². The largest absolute Gasteiger partial charge is 0.397 e. The number of nitrogen functional groups attached to an aromatic ring is 1. The number of halogens is 1. The van der Waals surface area contributed by atoms with E-state index < -0.39 is 0 Å². The Morgan fingerprint density at radius 3 is 3.06 bits per heavy atom. The number of thiazole rings is 1. The minimum atomic E-state index is -0.278. The van der Waals surface area contributed by atoms with Gasteiger partial charge in [-0.3, -0.25) is 9.78 Å². The molecule has 2 rings (SSSR count). The van der Waals surface area contributed by atoms with Crippen LogP contribution in [0.15, 0.2) is 24.0 Å². The normalized spacial score (nSPS) is 10.2. The third-order valence-electron chi connectivity index (χ3n) is 2.05. The topological polar surface area (TPSA) is 80.9 Å². The molecule has 0 bridgehead atoms. The predicted molar refractivity (Wildman–Crippen MR) is 66.9 cm³/mol. The number of hydrogen-bond acceptors (Lipinski definition) is 5. The number of rotatable bonds is 3. The highest BCUT2D eigenvalue weighted by molar-refractivity contribution is 7.09. The van der Waals surface area contributed by atoms with E-state index in [4.69, 9.17) is 17.3 Å². The van der Waals surface area contributed by atoms with Crippen LogP contribution in [0.2, 0.25) is 5.15 Å². The summed E-state index contributed by atoms with van der Waals surface area (Å²) in [5.41, 5.74) is 7.99. The quantitative estimate of drug-likeness (QED) is 0.831. The molecule has 2 aromatic heterocycles. The molecule has 1 amide bonds. The van der Waals surface area contributed by atoms with Crippen molar-refractivity contribution in [3.8, 4) is 0 Å². The van der Waals surface area contributed by atoms with E-state index in [1.165, 1.54) is 23.6 Å². The van der Waals surface area contributed by atoms with Gasteiger partial charge in [0.05, 0.1) is 29.5 Å². The molecule has 0 radical (unpaired) electrons. The molecule has 0 aliphatic carbocycles. The van der Waals surface area contributed by atoms with Crippen LogP contribution in [0.25, 0.3) is 0 Å². The first-order valence-electron chi connectivity index (χ1n) is 4.73. The van der Waals surface area contributed by atoms with Crippen molar-refractivity contribution in [2.24, 2.45) is 0 Å². The van der Waals surface area contributed by atoms with Gasteiger partial charge in [0.25, 0.3) is 5.91 Å². The second-order valence-corrected chi connectivity index (χ2v) is 4.60. The Bertz CT molecular complexity index is 529. The molecule has 0 fully saturated rings. The average molecular weight is 269 g/mol. The zero-order valence-electron chi connectivity index (χ0n) is 8.68. The zero-order chi connectivity index (χ0) is 12.3. The Balaban J connectivity index is 2.07. The molecule has 0 saturated carbocycles. The van der Waals surface area contributed by atoms with Gasteiger partial charge in [-0.1, -0.05) is 11.6 Å². The molecule has 0 saturated heterocycles. The Morgan fingerprint density at radius 1 is 1.53 bits per heavy atom. The van der Waals surface area contributed by atoms with E-state index in [0.717, 1.165) is 4.88 Å². The third kappa shape index (κ3) is 2.92. The van der Waals surface area contributed by atoms with Crippen LogP contribution in [0.4, 0.5) is 5.69 Å². The number of carbonyl (C=O) groups is 1. The summed E-state index contributed by atoms with van der Waals surface area (Å²) in [5.74, 6) is -0.278. The van der Waals surface area contributed by atoms with Gasteiger partial charge < -0.3 is 11.1 Å². The maximum absolute atomic E-state index is 11.8. The molecule has 5 nitrogen and oxygen atoms in total. The maximum Gasteiger partial charge on any atom is 0.253 e. The van der Waals surface area contributed by atoms with Crippen LogP contribution < -0.4 is 11.1 Å². The molecule has 0 unspecified atom stereocenters. The monoisotopic (exact) mass is 268 g/mol. The van der Waals surface area contributed by atoms with Crippen molar-refractivity contribution in [2.75, 3.05) is 5.73 Å². The first kappa shape index (κ1) is 11.8. The molecular weight excluding hydrogens is 260 g/mol. The Morgan fingerprint density at radius 2 is 2.35 bits per heavy atom. The van der Waals surface area contributed by atoms with Crippen molar-refractivity contribution in [1.29, 1.82) is 0 Å². The molecule has 0 aliphatic rings. The summed E-state index contributed by atoms with van der Waals surface area (Å²) < 4.78 is 0. The molecule has 0 spiro atoms. The fourth-order valence-electron chi connectivity index (χ4n) is 1.23. The molecular formula is C10H9ClN4OS. The number of carbonyl (C=O) groups excluding carboxylic acids is 1. The van der Waals surface area contributed by atoms with E-state index in [0.29, 0.717) is 17.8 Å². The lowest BCUT2D eigenvalue weighted by Crippen LogP contribution is -2.23. The van der Waals surface area contributed by atoms with Crippen LogP contribution >= 0.6 is 22.9 Å². The summed E-state index contributed by atoms with van der Waals surface area (Å²) in [6, 6.07) is 1.44. The van der Waals surface area contributed by atoms with Crippen LogP contribution in [0.3, 0.4) is 0 Å². The van der Waals surface area contributed by atoms with Gasteiger partial charge in [0, 0.05) is 11.1 Å². The number of anilines is 1. The molecule has 2 aromatic rings. The van der Waals surface area contributed by atoms with E-state index in [2.05, 4.69) is 15.3 Å². The number of nitrogens with one attached hydrogen (secondary N) is 1. The Hall–Kier alpha value is -1.66. The van der Waals surface area contributed by atoms with Gasteiger partial charge in [0.1, 0.15) is 5.15 Å². The SMILES string of the molecule is Nc1cnc(Cl)cc1C(=O)NCc1cncs1. The molecule has 0 aromatic carbocycles. The summed E-state index contributed by atoms with van der Waals surface area (Å²) in [5, 5.41) is 2.97. The van der Waals surface area contributed by atoms with Gasteiger partial charge in [-0.25, -0.2) is 4.98 Å². The van der Waals surface area contributed by atoms with Crippen molar-refractivity contribution in [1.82, 2.24) is 15.3 Å². The lowest BCUT2D eigenvalue weighted by molar-refractivity contribution is 0.0952. The predicted octanol–water partition coefficient (Wildman–Crippen LogP) is 1.70. The third-order valence-corrected chi connectivity index (χ3v) is 3.04. The van der Waals surface area contributed by atoms with Crippen molar-refractivity contribution in [2.45, 2.75) is 6.54 Å². The molecule has 88 valence electrons. The minimum absolute atomic E-state index is 0.238. The smallest absolute Gasteiger partial charge is 0.253 e. The second-order valence-electron chi connectivity index (χ2n) is 3.24. The van der Waals surface area contributed by atoms with Crippen molar-refractivity contribution < 1.29 is 4.79 Å². The van der Waals surface area contributed by atoms with E-state index in [1.54, 1.807) is 11.7 Å². The number of aromatic nitrogens is 2. The van der Waals surface area contributed by atoms with E-state index in [-0.39, 0.29) is 11.1 Å². The van der Waals surface area contributed by atoms with Crippen LogP contribution in [0.1, 0.15) is 15.2 Å². The molecule has 0 atom stereocenters. The number of amides is 1. The second kappa shape index (κ2) is 5.11. The highest BCUT2D eigenvalue weighted by Gasteiger charge is 2.10. The van der Waals surface area contributed by atoms with Crippen molar-refractivity contribution in [3.63, 3.8) is 0 Å². The summed E-state index contributed by atoms with van der Waals surface area (Å²) in [7, 11) is 0. The van der Waals surface area contributed by atoms with Crippen molar-refractivity contribution in [3.05, 3.63) is 39.6 Å². The van der Waals surface area contributed by atoms with Crippen LogP contribution in [0, 0.1) is 0 Å². The lowest BCUT2D eigenvalue weighted by atomic mass is 10.2. The standard InChI is InChI=1S/C10H9ClN4OS/c11-9-1-7(8(12)4-14-9)10(16)15-3-6-2-13-5-17-6/h1-2,4-5H,3,12H2,(H,15,16). The molecule has 17 heavy (non-hydrogen) atoms. The van der Waals surface area contributed by atoms with Gasteiger partial charge in [0.15, 0.2) is 0 Å². The van der Waals surface area contributed by atoms with E-state index >= 15 is 0 Å². The molecule has 7 heteroatoms. The van der Waals surface area contributed by atoms with Gasteiger partial charge in [0.2, 0.25) is 0 Å². The average Bonchev–Trinajstić information content (AvgIpc) is 2.82. The highest BCUT2D eigenvalue weighted by atomic mass is 35.5. The van der Waals surface area contributed by atoms with Crippen LogP contribution in [-0.2, 0) is 6.54 Å². The number of pyridine rings is 1. The molecule has 2 heterocycles. The fourth-order valence-corrected chi connectivity index (χ4v) is 1.92. The maximum atomic E-state index is 11.8. The lowest BCUT2D eigenvalue weighted by Gasteiger charge is -2.06. The summed E-state index contributed by atoms with van der Waals surface area (Å²) in [6.07, 6.45) is 3.07. The minimum Gasteiger partial charge on any atom is -0.397 e. The summed E-state index contributed by atoms with van der Waals surface area (Å²) in [4.78, 5) is 20.5. The van der Waals surface area contributed by atoms with Gasteiger partial charge in [-0.05, 0) is 6.07 Å².